The second-order valence-electron chi connectivity index (χ2n) is 4.54. The molecule has 100 valence electrons. The van der Waals surface area contributed by atoms with Gasteiger partial charge in [-0.25, -0.2) is 4.98 Å². The molecule has 2 heterocycles. The molecule has 0 radical (unpaired) electrons. The minimum Gasteiger partial charge on any atom is -0.370 e. The molecular formula is C15H20N4. The van der Waals surface area contributed by atoms with Gasteiger partial charge in [-0.1, -0.05) is 13.0 Å². The predicted molar refractivity (Wildman–Crippen MR) is 79.4 cm³/mol. The SMILES string of the molecule is CCCNc1cc(N(C)Cc2cccnc2)ccn1. The van der Waals surface area contributed by atoms with Crippen LogP contribution in [0.25, 0.3) is 0 Å². The van der Waals surface area contributed by atoms with E-state index in [-0.39, 0.29) is 0 Å². The topological polar surface area (TPSA) is 41.0 Å². The third kappa shape index (κ3) is 3.95. The Labute approximate surface area is 114 Å². The summed E-state index contributed by atoms with van der Waals surface area (Å²) in [7, 11) is 2.08. The van der Waals surface area contributed by atoms with E-state index in [2.05, 4.69) is 46.3 Å². The molecule has 0 spiro atoms. The normalized spacial score (nSPS) is 10.2. The summed E-state index contributed by atoms with van der Waals surface area (Å²) in [6.07, 6.45) is 6.63. The Morgan fingerprint density at radius 3 is 2.89 bits per heavy atom. The summed E-state index contributed by atoms with van der Waals surface area (Å²) in [5, 5.41) is 3.30. The zero-order valence-corrected chi connectivity index (χ0v) is 11.5. The fraction of sp³-hybridized carbons (Fsp3) is 0.333. The van der Waals surface area contributed by atoms with Crippen molar-refractivity contribution in [3.63, 3.8) is 0 Å². The van der Waals surface area contributed by atoms with Crippen LogP contribution in [-0.2, 0) is 6.54 Å². The van der Waals surface area contributed by atoms with Gasteiger partial charge in [0.15, 0.2) is 0 Å². The standard InChI is InChI=1S/C15H20N4/c1-3-7-17-15-10-14(6-9-18-15)19(2)12-13-5-4-8-16-11-13/h4-6,8-11H,3,7,12H2,1-2H3,(H,17,18). The number of pyridine rings is 2. The van der Waals surface area contributed by atoms with Gasteiger partial charge >= 0.3 is 0 Å². The van der Waals surface area contributed by atoms with Crippen LogP contribution in [-0.4, -0.2) is 23.6 Å². The third-order valence-corrected chi connectivity index (χ3v) is 2.88. The van der Waals surface area contributed by atoms with E-state index in [1.807, 2.05) is 24.5 Å². The van der Waals surface area contributed by atoms with Gasteiger partial charge < -0.3 is 10.2 Å². The van der Waals surface area contributed by atoms with Gasteiger partial charge in [0.05, 0.1) is 0 Å². The van der Waals surface area contributed by atoms with Crippen LogP contribution in [0.2, 0.25) is 0 Å². The molecule has 0 aliphatic carbocycles. The fourth-order valence-corrected chi connectivity index (χ4v) is 1.86. The molecule has 0 unspecified atom stereocenters. The first kappa shape index (κ1) is 13.3. The fourth-order valence-electron chi connectivity index (χ4n) is 1.86. The lowest BCUT2D eigenvalue weighted by atomic mass is 10.2. The molecule has 0 aromatic carbocycles. The van der Waals surface area contributed by atoms with Gasteiger partial charge in [-0.05, 0) is 24.1 Å². The van der Waals surface area contributed by atoms with Crippen LogP contribution in [0.3, 0.4) is 0 Å². The average molecular weight is 256 g/mol. The van der Waals surface area contributed by atoms with Crippen molar-refractivity contribution in [2.24, 2.45) is 0 Å². The first-order valence-corrected chi connectivity index (χ1v) is 6.59. The molecule has 0 bridgehead atoms. The molecule has 4 heteroatoms. The lowest BCUT2D eigenvalue weighted by Gasteiger charge is -2.19. The maximum absolute atomic E-state index is 4.32. The molecule has 0 amide bonds. The molecule has 0 aliphatic heterocycles. The second kappa shape index (κ2) is 6.73. The van der Waals surface area contributed by atoms with E-state index in [1.165, 1.54) is 5.56 Å². The van der Waals surface area contributed by atoms with Crippen molar-refractivity contribution in [3.05, 3.63) is 48.4 Å². The molecule has 2 aromatic rings. The number of nitrogens with zero attached hydrogens (tertiary/aromatic N) is 3. The maximum Gasteiger partial charge on any atom is 0.127 e. The summed E-state index contributed by atoms with van der Waals surface area (Å²) in [5.74, 6) is 0.928. The summed E-state index contributed by atoms with van der Waals surface area (Å²) in [4.78, 5) is 10.6. The van der Waals surface area contributed by atoms with Gasteiger partial charge in [0.2, 0.25) is 0 Å². The van der Waals surface area contributed by atoms with Gasteiger partial charge in [0.1, 0.15) is 5.82 Å². The largest absolute Gasteiger partial charge is 0.370 e. The van der Waals surface area contributed by atoms with Gasteiger partial charge in [-0.3, -0.25) is 4.98 Å². The first-order valence-electron chi connectivity index (χ1n) is 6.59. The van der Waals surface area contributed by atoms with Gasteiger partial charge in [0.25, 0.3) is 0 Å². The average Bonchev–Trinajstić information content (AvgIpc) is 2.46. The zero-order valence-electron chi connectivity index (χ0n) is 11.5. The van der Waals surface area contributed by atoms with Crippen molar-refractivity contribution in [1.82, 2.24) is 9.97 Å². The molecule has 4 nitrogen and oxygen atoms in total. The van der Waals surface area contributed by atoms with Crippen LogP contribution in [0.4, 0.5) is 11.5 Å². The Balaban J connectivity index is 2.04. The van der Waals surface area contributed by atoms with Crippen molar-refractivity contribution in [2.75, 3.05) is 23.8 Å². The quantitative estimate of drug-likeness (QED) is 0.862. The number of anilines is 2. The number of hydrogen-bond donors (Lipinski definition) is 1. The summed E-state index contributed by atoms with van der Waals surface area (Å²) >= 11 is 0. The van der Waals surface area contributed by atoms with E-state index in [1.54, 1.807) is 6.20 Å². The number of aromatic nitrogens is 2. The Bertz CT molecular complexity index is 499. The minimum absolute atomic E-state index is 0.838. The van der Waals surface area contributed by atoms with Crippen molar-refractivity contribution in [3.8, 4) is 0 Å². The predicted octanol–water partition coefficient (Wildman–Crippen LogP) is 2.93. The number of nitrogens with one attached hydrogen (secondary N) is 1. The molecule has 0 fully saturated rings. The zero-order chi connectivity index (χ0) is 13.5. The molecule has 0 saturated carbocycles. The van der Waals surface area contributed by atoms with Crippen LogP contribution >= 0.6 is 0 Å². The van der Waals surface area contributed by atoms with Gasteiger partial charge in [-0.15, -0.1) is 0 Å². The molecule has 0 saturated heterocycles. The van der Waals surface area contributed by atoms with Crippen molar-refractivity contribution in [2.45, 2.75) is 19.9 Å². The number of hydrogen-bond acceptors (Lipinski definition) is 4. The number of rotatable bonds is 6. The van der Waals surface area contributed by atoms with E-state index >= 15 is 0 Å². The van der Waals surface area contributed by atoms with Crippen LogP contribution < -0.4 is 10.2 Å². The van der Waals surface area contributed by atoms with E-state index in [0.29, 0.717) is 0 Å². The molecule has 1 N–H and O–H groups in total. The van der Waals surface area contributed by atoms with Crippen molar-refractivity contribution >= 4 is 11.5 Å². The summed E-state index contributed by atoms with van der Waals surface area (Å²) in [6, 6.07) is 8.14. The highest BCUT2D eigenvalue weighted by molar-refractivity contribution is 5.53. The van der Waals surface area contributed by atoms with Crippen LogP contribution in [0.5, 0.6) is 0 Å². The molecule has 19 heavy (non-hydrogen) atoms. The van der Waals surface area contributed by atoms with Crippen LogP contribution in [0, 0.1) is 0 Å². The maximum atomic E-state index is 4.32. The third-order valence-electron chi connectivity index (χ3n) is 2.88. The van der Waals surface area contributed by atoms with Crippen LogP contribution in [0.15, 0.2) is 42.9 Å². The smallest absolute Gasteiger partial charge is 0.127 e. The first-order chi connectivity index (χ1) is 9.29. The van der Waals surface area contributed by atoms with E-state index in [9.17, 15) is 0 Å². The highest BCUT2D eigenvalue weighted by Crippen LogP contribution is 2.17. The summed E-state index contributed by atoms with van der Waals surface area (Å²) in [6.45, 7) is 3.93. The summed E-state index contributed by atoms with van der Waals surface area (Å²) in [5.41, 5.74) is 2.35. The van der Waals surface area contributed by atoms with Crippen molar-refractivity contribution in [1.29, 1.82) is 0 Å². The highest BCUT2D eigenvalue weighted by atomic mass is 15.1. The molecule has 0 aliphatic rings. The molecule has 2 aromatic heterocycles. The van der Waals surface area contributed by atoms with Crippen LogP contribution in [0.1, 0.15) is 18.9 Å². The second-order valence-corrected chi connectivity index (χ2v) is 4.54. The monoisotopic (exact) mass is 256 g/mol. The lowest BCUT2D eigenvalue weighted by Crippen LogP contribution is -2.16. The summed E-state index contributed by atoms with van der Waals surface area (Å²) < 4.78 is 0. The van der Waals surface area contributed by atoms with Crippen molar-refractivity contribution < 1.29 is 0 Å². The highest BCUT2D eigenvalue weighted by Gasteiger charge is 2.03. The van der Waals surface area contributed by atoms with Gasteiger partial charge in [-0.2, -0.15) is 0 Å². The Hall–Kier alpha value is -2.10. The Morgan fingerprint density at radius 2 is 2.16 bits per heavy atom. The molecule has 2 rings (SSSR count). The Morgan fingerprint density at radius 1 is 1.26 bits per heavy atom. The lowest BCUT2D eigenvalue weighted by molar-refractivity contribution is 0.911. The van der Waals surface area contributed by atoms with E-state index in [0.717, 1.165) is 31.0 Å². The van der Waals surface area contributed by atoms with Gasteiger partial charge in [0, 0.05) is 50.5 Å². The Kier molecular flexibility index (Phi) is 4.72. The minimum atomic E-state index is 0.838. The molecular weight excluding hydrogens is 236 g/mol. The molecule has 0 atom stereocenters. The van der Waals surface area contributed by atoms with E-state index in [4.69, 9.17) is 0 Å². The van der Waals surface area contributed by atoms with E-state index < -0.39 is 0 Å².